The second kappa shape index (κ2) is 4.83. The Morgan fingerprint density at radius 3 is 2.53 bits per heavy atom. The van der Waals surface area contributed by atoms with Gasteiger partial charge in [-0.15, -0.1) is 0 Å². The zero-order chi connectivity index (χ0) is 13.1. The minimum absolute atomic E-state index is 0.165. The molecule has 1 heterocycles. The van der Waals surface area contributed by atoms with Crippen LogP contribution in [0.4, 0.5) is 0 Å². The van der Waals surface area contributed by atoms with Crippen molar-refractivity contribution < 1.29 is 4.79 Å². The number of hydrogen-bond donors (Lipinski definition) is 1. The summed E-state index contributed by atoms with van der Waals surface area (Å²) < 4.78 is 0. The Labute approximate surface area is 111 Å². The number of benzene rings is 2. The van der Waals surface area contributed by atoms with Crippen LogP contribution >= 0.6 is 0 Å². The van der Waals surface area contributed by atoms with Gasteiger partial charge in [0.05, 0.1) is 5.56 Å². The number of rotatable bonds is 1. The number of aromatic amines is 1. The molecule has 1 N–H and O–H groups in total. The number of H-pyrrole nitrogens is 1. The predicted octanol–water partition coefficient (Wildman–Crippen LogP) is 3.40. The Hall–Kier alpha value is -2.79. The highest BCUT2D eigenvalue weighted by Crippen LogP contribution is 2.17. The fraction of sp³-hybridized carbons (Fsp3) is 0. The van der Waals surface area contributed by atoms with E-state index in [1.54, 1.807) is 6.20 Å². The van der Waals surface area contributed by atoms with E-state index in [9.17, 15) is 4.79 Å². The van der Waals surface area contributed by atoms with Gasteiger partial charge in [-0.05, 0) is 24.1 Å². The Bertz CT molecular complexity index is 788. The molecule has 0 aliphatic heterocycles. The van der Waals surface area contributed by atoms with Crippen molar-refractivity contribution in [2.45, 2.75) is 0 Å². The Morgan fingerprint density at radius 1 is 0.947 bits per heavy atom. The van der Waals surface area contributed by atoms with Crippen LogP contribution in [0.2, 0.25) is 0 Å². The molecule has 19 heavy (non-hydrogen) atoms. The van der Waals surface area contributed by atoms with Gasteiger partial charge in [0.15, 0.2) is 0 Å². The Kier molecular flexibility index (Phi) is 2.88. The van der Waals surface area contributed by atoms with E-state index < -0.39 is 0 Å². The van der Waals surface area contributed by atoms with Gasteiger partial charge in [-0.1, -0.05) is 42.3 Å². The van der Waals surface area contributed by atoms with E-state index in [-0.39, 0.29) is 5.78 Å². The number of carbonyl (C=O) groups is 1. The molecule has 0 unspecified atom stereocenters. The summed E-state index contributed by atoms with van der Waals surface area (Å²) in [6.07, 6.45) is 1.71. The van der Waals surface area contributed by atoms with E-state index in [0.717, 1.165) is 16.5 Å². The topological polar surface area (TPSA) is 32.9 Å². The third-order valence-corrected chi connectivity index (χ3v) is 2.93. The van der Waals surface area contributed by atoms with Crippen molar-refractivity contribution in [1.82, 2.24) is 4.98 Å². The van der Waals surface area contributed by atoms with Gasteiger partial charge in [0.25, 0.3) is 0 Å². The summed E-state index contributed by atoms with van der Waals surface area (Å²) in [5.41, 5.74) is 2.42. The summed E-state index contributed by atoms with van der Waals surface area (Å²) >= 11 is 0. The number of hydrogen-bond acceptors (Lipinski definition) is 1. The lowest BCUT2D eigenvalue weighted by atomic mass is 10.1. The average Bonchev–Trinajstić information content (AvgIpc) is 2.90. The molecule has 0 saturated heterocycles. The van der Waals surface area contributed by atoms with Crippen molar-refractivity contribution in [2.75, 3.05) is 0 Å². The van der Waals surface area contributed by atoms with Gasteiger partial charge in [-0.25, -0.2) is 0 Å². The lowest BCUT2D eigenvalue weighted by molar-refractivity contribution is 0.105. The first-order chi connectivity index (χ1) is 9.34. The van der Waals surface area contributed by atoms with E-state index >= 15 is 0 Å². The summed E-state index contributed by atoms with van der Waals surface area (Å²) in [6.45, 7) is 0. The molecule has 1 aromatic heterocycles. The minimum atomic E-state index is -0.165. The van der Waals surface area contributed by atoms with Crippen LogP contribution < -0.4 is 0 Å². The number of Topliss-reactive ketones (excluding diaryl/α,β-unsaturated/α-hetero) is 1. The van der Waals surface area contributed by atoms with E-state index in [0.29, 0.717) is 5.56 Å². The Balaban J connectivity index is 1.95. The third kappa shape index (κ3) is 2.27. The number of fused-ring (bicyclic) bond motifs is 1. The molecule has 0 atom stereocenters. The molecule has 0 spiro atoms. The van der Waals surface area contributed by atoms with Gasteiger partial charge in [0.1, 0.15) is 0 Å². The standard InChI is InChI=1S/C17H11NO/c19-17(11-10-13-6-2-1-3-7-13)15-12-18-16-9-5-4-8-14(15)16/h1-9,12,18H. The predicted molar refractivity (Wildman–Crippen MR) is 75.9 cm³/mol. The van der Waals surface area contributed by atoms with E-state index in [4.69, 9.17) is 0 Å². The smallest absolute Gasteiger partial charge is 0.238 e. The molecule has 3 rings (SSSR count). The first-order valence-electron chi connectivity index (χ1n) is 6.02. The largest absolute Gasteiger partial charge is 0.360 e. The number of aromatic nitrogens is 1. The molecule has 0 aliphatic rings. The van der Waals surface area contributed by atoms with Crippen LogP contribution in [-0.2, 0) is 0 Å². The first-order valence-corrected chi connectivity index (χ1v) is 6.02. The SMILES string of the molecule is O=C(C#Cc1ccccc1)c1c[nH]c2ccccc12. The summed E-state index contributed by atoms with van der Waals surface area (Å²) in [5.74, 6) is 5.40. The number of ketones is 1. The molecule has 2 nitrogen and oxygen atoms in total. The summed E-state index contributed by atoms with van der Waals surface area (Å²) in [6, 6.07) is 17.2. The van der Waals surface area contributed by atoms with Crippen molar-refractivity contribution in [3.63, 3.8) is 0 Å². The fourth-order valence-electron chi connectivity index (χ4n) is 1.98. The lowest BCUT2D eigenvalue weighted by Gasteiger charge is -1.91. The number of para-hydroxylation sites is 1. The molecule has 0 fully saturated rings. The average molecular weight is 245 g/mol. The second-order valence-corrected chi connectivity index (χ2v) is 4.19. The van der Waals surface area contributed by atoms with Crippen LogP contribution in [0.3, 0.4) is 0 Å². The maximum atomic E-state index is 12.1. The molecule has 2 heteroatoms. The van der Waals surface area contributed by atoms with Crippen LogP contribution in [0.25, 0.3) is 10.9 Å². The second-order valence-electron chi connectivity index (χ2n) is 4.19. The molecule has 0 bridgehead atoms. The molecular formula is C17H11NO. The maximum Gasteiger partial charge on any atom is 0.238 e. The zero-order valence-electron chi connectivity index (χ0n) is 10.2. The molecular weight excluding hydrogens is 234 g/mol. The van der Waals surface area contributed by atoms with Crippen LogP contribution in [0, 0.1) is 11.8 Å². The van der Waals surface area contributed by atoms with E-state index in [2.05, 4.69) is 16.8 Å². The van der Waals surface area contributed by atoms with Gasteiger partial charge in [0.2, 0.25) is 5.78 Å². The van der Waals surface area contributed by atoms with Crippen molar-refractivity contribution in [3.05, 3.63) is 71.9 Å². The molecule has 3 aromatic rings. The molecule has 2 aromatic carbocycles. The highest BCUT2D eigenvalue weighted by atomic mass is 16.1. The van der Waals surface area contributed by atoms with Gasteiger partial charge >= 0.3 is 0 Å². The van der Waals surface area contributed by atoms with Gasteiger partial charge in [0, 0.05) is 22.7 Å². The van der Waals surface area contributed by atoms with Crippen LogP contribution in [0.1, 0.15) is 15.9 Å². The molecule has 0 radical (unpaired) electrons. The highest BCUT2D eigenvalue weighted by molar-refractivity contribution is 6.16. The molecule has 0 saturated carbocycles. The molecule has 0 amide bonds. The van der Waals surface area contributed by atoms with Crippen LogP contribution in [-0.4, -0.2) is 10.8 Å². The van der Waals surface area contributed by atoms with Crippen molar-refractivity contribution in [2.24, 2.45) is 0 Å². The normalized spacial score (nSPS) is 9.89. The lowest BCUT2D eigenvalue weighted by Crippen LogP contribution is -1.93. The number of nitrogens with one attached hydrogen (secondary N) is 1. The Morgan fingerprint density at radius 2 is 1.68 bits per heavy atom. The molecule has 90 valence electrons. The van der Waals surface area contributed by atoms with Crippen LogP contribution in [0.5, 0.6) is 0 Å². The van der Waals surface area contributed by atoms with E-state index in [1.165, 1.54) is 0 Å². The van der Waals surface area contributed by atoms with E-state index in [1.807, 2.05) is 54.6 Å². The van der Waals surface area contributed by atoms with Gasteiger partial charge < -0.3 is 4.98 Å². The van der Waals surface area contributed by atoms with Crippen molar-refractivity contribution in [3.8, 4) is 11.8 Å². The van der Waals surface area contributed by atoms with Gasteiger partial charge in [-0.3, -0.25) is 4.79 Å². The summed E-state index contributed by atoms with van der Waals surface area (Å²) in [4.78, 5) is 15.2. The zero-order valence-corrected chi connectivity index (χ0v) is 10.2. The third-order valence-electron chi connectivity index (χ3n) is 2.93. The van der Waals surface area contributed by atoms with Crippen molar-refractivity contribution in [1.29, 1.82) is 0 Å². The number of carbonyl (C=O) groups excluding carboxylic acids is 1. The minimum Gasteiger partial charge on any atom is -0.360 e. The summed E-state index contributed by atoms with van der Waals surface area (Å²) in [5, 5.41) is 0.912. The molecule has 0 aliphatic carbocycles. The monoisotopic (exact) mass is 245 g/mol. The summed E-state index contributed by atoms with van der Waals surface area (Å²) in [7, 11) is 0. The van der Waals surface area contributed by atoms with Crippen molar-refractivity contribution >= 4 is 16.7 Å². The first kappa shape index (κ1) is 11.3. The fourth-order valence-corrected chi connectivity index (χ4v) is 1.98. The highest BCUT2D eigenvalue weighted by Gasteiger charge is 2.08. The van der Waals surface area contributed by atoms with Gasteiger partial charge in [-0.2, -0.15) is 0 Å². The quantitative estimate of drug-likeness (QED) is 0.517. The van der Waals surface area contributed by atoms with Crippen LogP contribution in [0.15, 0.2) is 60.8 Å². The maximum absolute atomic E-state index is 12.1.